The summed E-state index contributed by atoms with van der Waals surface area (Å²) in [6, 6.07) is 0. The molecule has 6 fully saturated rings. The molecule has 8 rings (SSSR count). The Hall–Kier alpha value is -1.01. The van der Waals surface area contributed by atoms with Crippen LogP contribution in [0.3, 0.4) is 0 Å². The number of carbonyl (C=O) groups excluding carboxylic acids is 1. The molecule has 42 heavy (non-hydrogen) atoms. The summed E-state index contributed by atoms with van der Waals surface area (Å²) in [5, 5.41) is 0. The predicted molar refractivity (Wildman–Crippen MR) is 164 cm³/mol. The number of Topliss-reactive ketones (excluding diaryl/α,β-unsaturated/α-hetero) is 1. The molecular weight excluding hydrogens is 524 g/mol. The minimum Gasteiger partial charge on any atom is -0.367 e. The Balaban J connectivity index is 0.000000138. The van der Waals surface area contributed by atoms with E-state index in [-0.39, 0.29) is 57.1 Å². The van der Waals surface area contributed by atoms with Crippen LogP contribution in [0.15, 0.2) is 23.8 Å². The third-order valence-electron chi connectivity index (χ3n) is 16.3. The van der Waals surface area contributed by atoms with Crippen LogP contribution in [0, 0.1) is 57.2 Å². The van der Waals surface area contributed by atoms with Crippen molar-refractivity contribution in [1.29, 1.82) is 0 Å². The summed E-state index contributed by atoms with van der Waals surface area (Å²) in [7, 11) is 0. The summed E-state index contributed by atoms with van der Waals surface area (Å²) < 4.78 is 25.5. The molecule has 8 aliphatic rings. The van der Waals surface area contributed by atoms with Crippen LogP contribution >= 0.6 is 0 Å². The summed E-state index contributed by atoms with van der Waals surface area (Å²) >= 11 is 0. The van der Waals surface area contributed by atoms with Crippen molar-refractivity contribution in [2.24, 2.45) is 57.2 Å². The number of ketones is 1. The third kappa shape index (κ3) is 2.83. The number of hydrogen-bond acceptors (Lipinski definition) is 5. The molecule has 234 valence electrons. The quantitative estimate of drug-likeness (QED) is 0.256. The minimum absolute atomic E-state index is 0.00593. The number of hydrogen-bond donors (Lipinski definition) is 0. The van der Waals surface area contributed by atoms with E-state index in [1.807, 2.05) is 6.92 Å². The van der Waals surface area contributed by atoms with Crippen LogP contribution in [-0.4, -0.2) is 54.6 Å². The molecule has 2 spiro atoms. The zero-order valence-electron chi connectivity index (χ0n) is 28.1. The average molecular weight is 581 g/mol. The number of rotatable bonds is 2. The predicted octanol–water partition coefficient (Wildman–Crippen LogP) is 7.18. The lowest BCUT2D eigenvalue weighted by molar-refractivity contribution is -0.224. The molecule has 4 saturated heterocycles. The molecule has 4 bridgehead atoms. The summed E-state index contributed by atoms with van der Waals surface area (Å²) in [5.41, 5.74) is 1.04. The van der Waals surface area contributed by atoms with Crippen LogP contribution in [0.1, 0.15) is 95.4 Å². The van der Waals surface area contributed by atoms with Gasteiger partial charge >= 0.3 is 0 Å². The second-order valence-corrected chi connectivity index (χ2v) is 16.3. The Morgan fingerprint density at radius 2 is 1.26 bits per heavy atom. The van der Waals surface area contributed by atoms with Gasteiger partial charge in [0.05, 0.1) is 37.6 Å². The molecule has 0 aromatic heterocycles. The first-order chi connectivity index (χ1) is 19.7. The zero-order chi connectivity index (χ0) is 30.4. The van der Waals surface area contributed by atoms with E-state index in [0.717, 1.165) is 25.2 Å². The van der Waals surface area contributed by atoms with Gasteiger partial charge in [0.1, 0.15) is 11.2 Å². The molecule has 4 heterocycles. The topological polar surface area (TPSA) is 60.6 Å². The van der Waals surface area contributed by atoms with E-state index >= 15 is 0 Å². The number of ether oxygens (including phenoxy) is 4. The lowest BCUT2D eigenvalue weighted by Gasteiger charge is -2.61. The van der Waals surface area contributed by atoms with Crippen molar-refractivity contribution >= 4 is 5.78 Å². The van der Waals surface area contributed by atoms with E-state index in [4.69, 9.17) is 18.9 Å². The van der Waals surface area contributed by atoms with E-state index in [1.165, 1.54) is 12.8 Å². The fourth-order valence-electron chi connectivity index (χ4n) is 13.3. The van der Waals surface area contributed by atoms with Crippen molar-refractivity contribution < 1.29 is 23.7 Å². The van der Waals surface area contributed by atoms with Gasteiger partial charge in [0.25, 0.3) is 0 Å². The number of allylic oxidation sites excluding steroid dienone is 2. The van der Waals surface area contributed by atoms with Gasteiger partial charge < -0.3 is 18.9 Å². The van der Waals surface area contributed by atoms with Crippen LogP contribution < -0.4 is 0 Å². The van der Waals surface area contributed by atoms with E-state index in [1.54, 1.807) is 0 Å². The average Bonchev–Trinajstić information content (AvgIpc) is 3.90. The van der Waals surface area contributed by atoms with Crippen molar-refractivity contribution in [3.05, 3.63) is 23.8 Å². The summed E-state index contributed by atoms with van der Waals surface area (Å²) in [4.78, 5) is 12.8. The minimum atomic E-state index is -0.161. The second kappa shape index (κ2) is 8.83. The Kier molecular flexibility index (Phi) is 6.24. The maximum atomic E-state index is 12.8. The third-order valence-corrected chi connectivity index (χ3v) is 16.3. The first-order valence-electron chi connectivity index (χ1n) is 17.2. The highest BCUT2D eigenvalue weighted by Gasteiger charge is 2.84. The number of fused-ring (bicyclic) bond motifs is 4. The highest BCUT2D eigenvalue weighted by atomic mass is 16.6. The lowest BCUT2D eigenvalue weighted by atomic mass is 9.45. The SMILES string of the molecule is CCC12C(C)CC=CC1OC1[C@H](C)[C@@H](C)[C@@]2(C)[C@]12CO2.CCC12C(C=C(C)C(=O)C1C)OC1[C@H](C)[C@@H](C)[C@@]2(C)[C@]12CO2. The molecule has 0 amide bonds. The fourth-order valence-corrected chi connectivity index (χ4v) is 13.3. The van der Waals surface area contributed by atoms with Crippen LogP contribution in [0.2, 0.25) is 0 Å². The normalized spacial score (nSPS) is 61.4. The van der Waals surface area contributed by atoms with Gasteiger partial charge in [-0.3, -0.25) is 4.79 Å². The monoisotopic (exact) mass is 580 g/mol. The van der Waals surface area contributed by atoms with Gasteiger partial charge in [0, 0.05) is 27.6 Å². The molecule has 5 heteroatoms. The Bertz CT molecular complexity index is 1230. The molecule has 0 N–H and O–H groups in total. The fraction of sp³-hybridized carbons (Fsp3) is 0.865. The molecule has 0 aromatic carbocycles. The Labute approximate surface area is 254 Å². The maximum absolute atomic E-state index is 12.8. The first-order valence-corrected chi connectivity index (χ1v) is 17.2. The Morgan fingerprint density at radius 3 is 1.74 bits per heavy atom. The van der Waals surface area contributed by atoms with Gasteiger partial charge in [-0.25, -0.2) is 0 Å². The van der Waals surface area contributed by atoms with E-state index in [2.05, 4.69) is 87.5 Å². The summed E-state index contributed by atoms with van der Waals surface area (Å²) in [5.74, 6) is 3.18. The highest BCUT2D eigenvalue weighted by Crippen LogP contribution is 2.77. The van der Waals surface area contributed by atoms with Crippen molar-refractivity contribution in [2.75, 3.05) is 13.2 Å². The molecule has 5 nitrogen and oxygen atoms in total. The van der Waals surface area contributed by atoms with Gasteiger partial charge in [0.2, 0.25) is 0 Å². The molecule has 4 aliphatic carbocycles. The van der Waals surface area contributed by atoms with E-state index < -0.39 is 0 Å². The highest BCUT2D eigenvalue weighted by molar-refractivity contribution is 5.98. The standard InChI is InChI=1S/C19H28O3.C18H28O2/c1-7-18-13(5)15(20)10(2)8-14(18)22-16-11(3)12(4)17(18,6)19(16)9-21-19;1-6-17-11(2)8-7-9-14(17)20-15-12(3)13(4)16(17,5)18(15)10-19-18/h8,11-14,16H,7,9H2,1-6H3;7,9,11-15H,6,8,10H2,1-5H3/t11-,12-,13?,14?,16?,17-,18?,19+;11?,12-,13-,14?,15?,16-,17?,18+/m11/s1. The molecule has 2 saturated carbocycles. The first kappa shape index (κ1) is 29.7. The van der Waals surface area contributed by atoms with Crippen LogP contribution in [-0.2, 0) is 23.7 Å². The number of epoxide rings is 2. The van der Waals surface area contributed by atoms with Crippen LogP contribution in [0.25, 0.3) is 0 Å². The van der Waals surface area contributed by atoms with Crippen LogP contribution in [0.4, 0.5) is 0 Å². The number of carbonyl (C=O) groups is 1. The smallest absolute Gasteiger partial charge is 0.161 e. The summed E-state index contributed by atoms with van der Waals surface area (Å²) in [6.45, 7) is 27.2. The Morgan fingerprint density at radius 1 is 0.786 bits per heavy atom. The second-order valence-electron chi connectivity index (χ2n) is 16.3. The van der Waals surface area contributed by atoms with Gasteiger partial charge in [-0.15, -0.1) is 0 Å². The van der Waals surface area contributed by atoms with Crippen molar-refractivity contribution in [1.82, 2.24) is 0 Å². The van der Waals surface area contributed by atoms with Gasteiger partial charge in [-0.05, 0) is 67.4 Å². The van der Waals surface area contributed by atoms with Crippen LogP contribution in [0.5, 0.6) is 0 Å². The van der Waals surface area contributed by atoms with Crippen molar-refractivity contribution in [3.8, 4) is 0 Å². The molecule has 0 radical (unpaired) electrons. The summed E-state index contributed by atoms with van der Waals surface area (Å²) in [6.07, 6.45) is 10.9. The maximum Gasteiger partial charge on any atom is 0.161 e. The lowest BCUT2D eigenvalue weighted by Crippen LogP contribution is -2.67. The van der Waals surface area contributed by atoms with Gasteiger partial charge in [0.15, 0.2) is 5.78 Å². The molecular formula is C37H56O5. The molecule has 4 aliphatic heterocycles. The largest absolute Gasteiger partial charge is 0.367 e. The molecule has 0 aromatic rings. The van der Waals surface area contributed by atoms with Gasteiger partial charge in [-0.2, -0.15) is 0 Å². The zero-order valence-corrected chi connectivity index (χ0v) is 28.1. The molecule has 16 atom stereocenters. The van der Waals surface area contributed by atoms with E-state index in [0.29, 0.717) is 41.5 Å². The van der Waals surface area contributed by atoms with Crippen molar-refractivity contribution in [2.45, 2.75) is 131 Å². The van der Waals surface area contributed by atoms with Gasteiger partial charge in [-0.1, -0.05) is 81.4 Å². The van der Waals surface area contributed by atoms with E-state index in [9.17, 15) is 4.79 Å². The molecule has 8 unspecified atom stereocenters. The van der Waals surface area contributed by atoms with Crippen molar-refractivity contribution in [3.63, 3.8) is 0 Å².